The van der Waals surface area contributed by atoms with E-state index < -0.39 is 16.5 Å². The highest BCUT2D eigenvalue weighted by atomic mass is 28.4. The minimum absolute atomic E-state index is 0.222. The van der Waals surface area contributed by atoms with E-state index in [-0.39, 0.29) is 5.69 Å². The third kappa shape index (κ3) is 3.37. The van der Waals surface area contributed by atoms with Crippen molar-refractivity contribution in [3.8, 4) is 0 Å². The highest BCUT2D eigenvalue weighted by molar-refractivity contribution is 7.02. The lowest BCUT2D eigenvalue weighted by atomic mass is 10.6. The molecule has 0 aromatic carbocycles. The largest absolute Gasteiger partial charge is 0.410 e. The first-order valence-corrected chi connectivity index (χ1v) is 14.0. The fourth-order valence-corrected chi connectivity index (χ4v) is 17.0. The minimum atomic E-state index is -1.61. The van der Waals surface area contributed by atoms with Gasteiger partial charge >= 0.3 is 5.69 Å². The number of aromatic nitrogens is 2. The second kappa shape index (κ2) is 8.10. The Morgan fingerprint density at radius 1 is 0.909 bits per heavy atom. The van der Waals surface area contributed by atoms with Crippen LogP contribution in [0.3, 0.4) is 0 Å². The van der Waals surface area contributed by atoms with Gasteiger partial charge in [-0.1, -0.05) is 41.5 Å². The van der Waals surface area contributed by atoms with E-state index in [1.807, 2.05) is 6.07 Å². The molecule has 22 heavy (non-hydrogen) atoms. The summed E-state index contributed by atoms with van der Waals surface area (Å²) >= 11 is 0. The zero-order valence-electron chi connectivity index (χ0n) is 15.2. The highest BCUT2D eigenvalue weighted by Crippen LogP contribution is 2.38. The van der Waals surface area contributed by atoms with E-state index in [2.05, 4.69) is 55.7 Å². The average molecular weight is 340 g/mol. The lowest BCUT2D eigenvalue weighted by molar-refractivity contribution is 1.01. The number of nitrogens with one attached hydrogen (secondary N) is 1. The number of rotatable bonds is 9. The fourth-order valence-electron chi connectivity index (χ4n) is 3.95. The molecule has 0 radical (unpaired) electrons. The van der Waals surface area contributed by atoms with E-state index in [0.717, 1.165) is 5.82 Å². The Balaban J connectivity index is 3.60. The molecule has 6 heteroatoms. The van der Waals surface area contributed by atoms with Gasteiger partial charge in [0, 0.05) is 6.20 Å². The third-order valence-electron chi connectivity index (χ3n) is 5.80. The second-order valence-electron chi connectivity index (χ2n) is 6.17. The molecule has 0 spiro atoms. The summed E-state index contributed by atoms with van der Waals surface area (Å²) in [5.41, 5.74) is -0.222. The van der Waals surface area contributed by atoms with Crippen LogP contribution >= 0.6 is 0 Å². The third-order valence-corrected chi connectivity index (χ3v) is 18.9. The Bertz CT molecular complexity index is 474. The smallest absolute Gasteiger partial charge is 0.346 e. The van der Waals surface area contributed by atoms with E-state index in [9.17, 15) is 4.79 Å². The van der Waals surface area contributed by atoms with Crippen LogP contribution in [0.15, 0.2) is 17.1 Å². The first kappa shape index (κ1) is 19.2. The Hall–Kier alpha value is -0.886. The summed E-state index contributed by atoms with van der Waals surface area (Å²) in [4.78, 5) is 18.7. The van der Waals surface area contributed by atoms with Crippen LogP contribution in [0.25, 0.3) is 0 Å². The van der Waals surface area contributed by atoms with Gasteiger partial charge in [-0.15, -0.1) is 0 Å². The summed E-state index contributed by atoms with van der Waals surface area (Å²) in [6.07, 6.45) is 1.67. The normalized spacial score (nSPS) is 12.5. The Kier molecular flexibility index (Phi) is 7.06. The number of hydrogen-bond acceptors (Lipinski definition) is 3. The number of aromatic amines is 1. The van der Waals surface area contributed by atoms with Gasteiger partial charge in [-0.05, 0) is 42.3 Å². The van der Waals surface area contributed by atoms with Gasteiger partial charge in [0.15, 0.2) is 0 Å². The summed E-state index contributed by atoms with van der Waals surface area (Å²) in [6, 6.07) is 9.43. The number of nitrogens with zero attached hydrogens (tertiary/aromatic N) is 2. The van der Waals surface area contributed by atoms with Crippen molar-refractivity contribution in [2.75, 3.05) is 4.23 Å². The molecule has 0 bridgehead atoms. The average Bonchev–Trinajstić information content (AvgIpc) is 2.56. The van der Waals surface area contributed by atoms with Crippen molar-refractivity contribution in [1.29, 1.82) is 0 Å². The highest BCUT2D eigenvalue weighted by Gasteiger charge is 2.46. The fraction of sp³-hybridized carbons (Fsp3) is 0.750. The Morgan fingerprint density at radius 2 is 1.32 bits per heavy atom. The minimum Gasteiger partial charge on any atom is -0.410 e. The number of anilines is 1. The molecule has 1 aromatic heterocycles. The molecule has 0 atom stereocenters. The van der Waals surface area contributed by atoms with E-state index in [1.54, 1.807) is 6.20 Å². The predicted octanol–water partition coefficient (Wildman–Crippen LogP) is 4.59. The molecule has 0 fully saturated rings. The van der Waals surface area contributed by atoms with E-state index >= 15 is 0 Å². The molecule has 0 aliphatic heterocycles. The predicted molar refractivity (Wildman–Crippen MR) is 102 cm³/mol. The maximum Gasteiger partial charge on any atom is 0.346 e. The van der Waals surface area contributed by atoms with Crippen LogP contribution < -0.4 is 9.92 Å². The van der Waals surface area contributed by atoms with Crippen LogP contribution in [0.1, 0.15) is 41.5 Å². The summed E-state index contributed by atoms with van der Waals surface area (Å²) in [5, 5.41) is 0. The van der Waals surface area contributed by atoms with Crippen LogP contribution in [0.5, 0.6) is 0 Å². The van der Waals surface area contributed by atoms with Gasteiger partial charge in [0.25, 0.3) is 0 Å². The van der Waals surface area contributed by atoms with Gasteiger partial charge in [0.2, 0.25) is 0 Å². The van der Waals surface area contributed by atoms with Crippen LogP contribution in [-0.4, -0.2) is 26.4 Å². The van der Waals surface area contributed by atoms with Crippen molar-refractivity contribution in [1.82, 2.24) is 9.97 Å². The second-order valence-corrected chi connectivity index (χ2v) is 16.6. The van der Waals surface area contributed by atoms with Gasteiger partial charge in [0.1, 0.15) is 16.5 Å². The Morgan fingerprint density at radius 3 is 1.64 bits per heavy atom. The summed E-state index contributed by atoms with van der Waals surface area (Å²) in [7, 11) is -3.22. The van der Waals surface area contributed by atoms with Crippen molar-refractivity contribution in [2.45, 2.75) is 77.8 Å². The molecular formula is C16H33N3OSi2. The molecular weight excluding hydrogens is 306 g/mol. The molecule has 1 rings (SSSR count). The molecule has 0 aliphatic carbocycles. The molecule has 0 saturated carbocycles. The van der Waals surface area contributed by atoms with E-state index in [0.29, 0.717) is 0 Å². The number of H-pyrrole nitrogens is 1. The van der Waals surface area contributed by atoms with Crippen molar-refractivity contribution in [2.24, 2.45) is 0 Å². The SMILES string of the molecule is CC[Si](CC)(CC)N(c1ccnc(=O)[nH]1)[Si](CC)(CC)CC. The lowest BCUT2D eigenvalue weighted by Crippen LogP contribution is -2.67. The molecule has 1 N–H and O–H groups in total. The van der Waals surface area contributed by atoms with Gasteiger partial charge < -0.3 is 4.23 Å². The van der Waals surface area contributed by atoms with E-state index in [1.165, 1.54) is 36.3 Å². The molecule has 0 amide bonds. The van der Waals surface area contributed by atoms with Gasteiger partial charge in [0.05, 0.1) is 5.82 Å². The van der Waals surface area contributed by atoms with Crippen LogP contribution in [0.4, 0.5) is 5.82 Å². The maximum atomic E-state index is 11.8. The molecule has 126 valence electrons. The maximum absolute atomic E-state index is 11.8. The molecule has 0 aliphatic rings. The van der Waals surface area contributed by atoms with Crippen molar-refractivity contribution < 1.29 is 0 Å². The standard InChI is InChI=1S/C16H33N3OSi2/c1-7-21(8-2,9-3)19(22(10-4,11-5)12-6)15-13-14-17-16(20)18-15/h13-14H,7-12H2,1-6H3,(H,17,18,20). The lowest BCUT2D eigenvalue weighted by Gasteiger charge is -2.53. The summed E-state index contributed by atoms with van der Waals surface area (Å²) in [5.74, 6) is 1.04. The molecule has 1 heterocycles. The molecule has 1 aromatic rings. The Labute approximate surface area is 137 Å². The van der Waals surface area contributed by atoms with Crippen LogP contribution in [0, 0.1) is 0 Å². The van der Waals surface area contributed by atoms with Crippen molar-refractivity contribution in [3.63, 3.8) is 0 Å². The van der Waals surface area contributed by atoms with E-state index in [4.69, 9.17) is 0 Å². The zero-order chi connectivity index (χ0) is 16.8. The van der Waals surface area contributed by atoms with Crippen LogP contribution in [0.2, 0.25) is 36.3 Å². The molecule has 4 nitrogen and oxygen atoms in total. The van der Waals surface area contributed by atoms with Gasteiger partial charge in [-0.3, -0.25) is 4.98 Å². The molecule has 0 unspecified atom stereocenters. The monoisotopic (exact) mass is 339 g/mol. The van der Waals surface area contributed by atoms with Crippen LogP contribution in [-0.2, 0) is 0 Å². The summed E-state index contributed by atoms with van der Waals surface area (Å²) < 4.78 is 2.79. The summed E-state index contributed by atoms with van der Waals surface area (Å²) in [6.45, 7) is 14.0. The first-order valence-electron chi connectivity index (χ1n) is 8.84. The number of hydrogen-bond donors (Lipinski definition) is 1. The first-order chi connectivity index (χ1) is 10.5. The topological polar surface area (TPSA) is 49.0 Å². The van der Waals surface area contributed by atoms with Gasteiger partial charge in [-0.2, -0.15) is 0 Å². The van der Waals surface area contributed by atoms with Crippen molar-refractivity contribution in [3.05, 3.63) is 22.7 Å². The quantitative estimate of drug-likeness (QED) is 0.670. The van der Waals surface area contributed by atoms with Gasteiger partial charge in [-0.25, -0.2) is 9.78 Å². The van der Waals surface area contributed by atoms with Crippen molar-refractivity contribution >= 4 is 22.3 Å². The molecule has 0 saturated heterocycles. The zero-order valence-corrected chi connectivity index (χ0v) is 17.2.